The van der Waals surface area contributed by atoms with Crippen molar-refractivity contribution in [3.63, 3.8) is 0 Å². The molecule has 0 atom stereocenters. The van der Waals surface area contributed by atoms with Crippen LogP contribution in [0, 0.1) is 0 Å². The molecule has 96 valence electrons. The van der Waals surface area contributed by atoms with Crippen LogP contribution in [0.3, 0.4) is 0 Å². The molecule has 0 amide bonds. The van der Waals surface area contributed by atoms with Crippen LogP contribution in [0.4, 0.5) is 5.95 Å². The van der Waals surface area contributed by atoms with Gasteiger partial charge in [-0.05, 0) is 6.92 Å². The maximum absolute atomic E-state index is 11.9. The highest BCUT2D eigenvalue weighted by atomic mass is 32.2. The molecule has 0 bridgehead atoms. The number of hydrogen-bond acceptors (Lipinski definition) is 6. The van der Waals surface area contributed by atoms with Gasteiger partial charge in [-0.15, -0.1) is 0 Å². The zero-order valence-corrected chi connectivity index (χ0v) is 10.6. The molecule has 0 aliphatic carbocycles. The monoisotopic (exact) mass is 260 g/mol. The Morgan fingerprint density at radius 2 is 2.00 bits per heavy atom. The van der Waals surface area contributed by atoms with Crippen molar-refractivity contribution in [3.05, 3.63) is 12.4 Å². The van der Waals surface area contributed by atoms with Gasteiger partial charge in [0.1, 0.15) is 4.90 Å². The first-order chi connectivity index (χ1) is 8.02. The smallest absolute Gasteiger partial charge is 0.245 e. The number of nitrogens with zero attached hydrogens (tertiary/aromatic N) is 3. The SMILES string of the molecule is CCNc1ncc(S(=O)(=O)N(C)CCO)cn1. The fourth-order valence-corrected chi connectivity index (χ4v) is 2.19. The molecular weight excluding hydrogens is 244 g/mol. The van der Waals surface area contributed by atoms with Crippen molar-refractivity contribution in [1.29, 1.82) is 0 Å². The summed E-state index contributed by atoms with van der Waals surface area (Å²) in [5.74, 6) is 0.385. The average Bonchev–Trinajstić information content (AvgIpc) is 2.30. The van der Waals surface area contributed by atoms with Crippen LogP contribution >= 0.6 is 0 Å². The van der Waals surface area contributed by atoms with E-state index in [1.807, 2.05) is 6.92 Å². The normalized spacial score (nSPS) is 11.8. The first kappa shape index (κ1) is 13.8. The topological polar surface area (TPSA) is 95.4 Å². The lowest BCUT2D eigenvalue weighted by Gasteiger charge is -2.15. The van der Waals surface area contributed by atoms with E-state index in [1.54, 1.807) is 0 Å². The number of aliphatic hydroxyl groups excluding tert-OH is 1. The van der Waals surface area contributed by atoms with E-state index in [1.165, 1.54) is 19.4 Å². The van der Waals surface area contributed by atoms with Gasteiger partial charge in [0.2, 0.25) is 16.0 Å². The Hall–Kier alpha value is -1.25. The standard InChI is InChI=1S/C9H16N4O3S/c1-3-10-9-11-6-8(7-12-9)17(15,16)13(2)4-5-14/h6-7,14H,3-5H2,1-2H3,(H,10,11,12). The summed E-state index contributed by atoms with van der Waals surface area (Å²) in [6, 6.07) is 0. The minimum Gasteiger partial charge on any atom is -0.395 e. The highest BCUT2D eigenvalue weighted by Gasteiger charge is 2.20. The summed E-state index contributed by atoms with van der Waals surface area (Å²) in [4.78, 5) is 7.78. The first-order valence-electron chi connectivity index (χ1n) is 5.15. The van der Waals surface area contributed by atoms with Crippen LogP contribution in [0.5, 0.6) is 0 Å². The fourth-order valence-electron chi connectivity index (χ4n) is 1.14. The van der Waals surface area contributed by atoms with Crippen molar-refractivity contribution >= 4 is 16.0 Å². The predicted octanol–water partition coefficient (Wildman–Crippen LogP) is -0.479. The molecule has 1 aromatic rings. The summed E-state index contributed by atoms with van der Waals surface area (Å²) >= 11 is 0. The molecule has 0 saturated carbocycles. The number of nitrogens with one attached hydrogen (secondary N) is 1. The predicted molar refractivity (Wildman–Crippen MR) is 63.1 cm³/mol. The Labute approximate surface area is 101 Å². The average molecular weight is 260 g/mol. The van der Waals surface area contributed by atoms with Crippen LogP contribution in [-0.2, 0) is 10.0 Å². The number of rotatable bonds is 6. The second-order valence-electron chi connectivity index (χ2n) is 3.32. The van der Waals surface area contributed by atoms with Crippen molar-refractivity contribution < 1.29 is 13.5 Å². The van der Waals surface area contributed by atoms with Crippen molar-refractivity contribution in [2.45, 2.75) is 11.8 Å². The summed E-state index contributed by atoms with van der Waals surface area (Å²) in [6.07, 6.45) is 2.49. The number of aliphatic hydroxyl groups is 1. The molecule has 0 aliphatic rings. The van der Waals surface area contributed by atoms with Crippen molar-refractivity contribution in [1.82, 2.24) is 14.3 Å². The molecule has 7 nitrogen and oxygen atoms in total. The summed E-state index contributed by atoms with van der Waals surface area (Å²) in [5, 5.41) is 11.6. The van der Waals surface area contributed by atoms with E-state index in [4.69, 9.17) is 5.11 Å². The molecule has 17 heavy (non-hydrogen) atoms. The largest absolute Gasteiger partial charge is 0.395 e. The van der Waals surface area contributed by atoms with E-state index in [-0.39, 0.29) is 18.0 Å². The van der Waals surface area contributed by atoms with Gasteiger partial charge in [-0.1, -0.05) is 0 Å². The molecular formula is C9H16N4O3S. The number of aromatic nitrogens is 2. The number of likely N-dealkylation sites (N-methyl/N-ethyl adjacent to an activating group) is 1. The van der Waals surface area contributed by atoms with Gasteiger partial charge >= 0.3 is 0 Å². The van der Waals surface area contributed by atoms with Crippen molar-refractivity contribution in [3.8, 4) is 0 Å². The molecule has 0 spiro atoms. The minimum atomic E-state index is -3.61. The lowest BCUT2D eigenvalue weighted by Crippen LogP contribution is -2.29. The second kappa shape index (κ2) is 5.89. The lowest BCUT2D eigenvalue weighted by atomic mass is 10.6. The molecule has 0 aliphatic heterocycles. The quantitative estimate of drug-likeness (QED) is 0.717. The molecule has 1 aromatic heterocycles. The van der Waals surface area contributed by atoms with E-state index >= 15 is 0 Å². The zero-order chi connectivity index (χ0) is 12.9. The van der Waals surface area contributed by atoms with E-state index in [9.17, 15) is 8.42 Å². The van der Waals surface area contributed by atoms with E-state index in [0.29, 0.717) is 12.5 Å². The third-order valence-electron chi connectivity index (χ3n) is 2.09. The van der Waals surface area contributed by atoms with Crippen molar-refractivity contribution in [2.75, 3.05) is 32.1 Å². The van der Waals surface area contributed by atoms with Crippen LogP contribution in [0.15, 0.2) is 17.3 Å². The van der Waals surface area contributed by atoms with Crippen LogP contribution < -0.4 is 5.32 Å². The molecule has 0 unspecified atom stereocenters. The zero-order valence-electron chi connectivity index (χ0n) is 9.79. The Morgan fingerprint density at radius 1 is 1.41 bits per heavy atom. The van der Waals surface area contributed by atoms with E-state index in [2.05, 4.69) is 15.3 Å². The Morgan fingerprint density at radius 3 is 2.47 bits per heavy atom. The van der Waals surface area contributed by atoms with Crippen LogP contribution in [-0.4, -0.2) is 54.5 Å². The first-order valence-corrected chi connectivity index (χ1v) is 6.59. The van der Waals surface area contributed by atoms with Gasteiger partial charge in [-0.2, -0.15) is 4.31 Å². The van der Waals surface area contributed by atoms with Crippen LogP contribution in [0.25, 0.3) is 0 Å². The number of anilines is 1. The summed E-state index contributed by atoms with van der Waals surface area (Å²) < 4.78 is 24.9. The molecule has 0 saturated heterocycles. The van der Waals surface area contributed by atoms with Crippen LogP contribution in [0.2, 0.25) is 0 Å². The molecule has 8 heteroatoms. The van der Waals surface area contributed by atoms with Gasteiger partial charge in [0, 0.05) is 20.1 Å². The van der Waals surface area contributed by atoms with Gasteiger partial charge in [-0.3, -0.25) is 0 Å². The van der Waals surface area contributed by atoms with E-state index in [0.717, 1.165) is 4.31 Å². The molecule has 0 aromatic carbocycles. The minimum absolute atomic E-state index is 0.00935. The Balaban J connectivity index is 2.92. The molecule has 1 rings (SSSR count). The highest BCUT2D eigenvalue weighted by molar-refractivity contribution is 7.89. The Kier molecular flexibility index (Phi) is 4.79. The van der Waals surface area contributed by atoms with Crippen molar-refractivity contribution in [2.24, 2.45) is 0 Å². The maximum atomic E-state index is 11.9. The second-order valence-corrected chi connectivity index (χ2v) is 5.37. The van der Waals surface area contributed by atoms with Gasteiger partial charge in [0.25, 0.3) is 0 Å². The number of hydrogen-bond donors (Lipinski definition) is 2. The van der Waals surface area contributed by atoms with E-state index < -0.39 is 10.0 Å². The molecule has 0 fully saturated rings. The third kappa shape index (κ3) is 3.35. The highest BCUT2D eigenvalue weighted by Crippen LogP contribution is 2.12. The summed E-state index contributed by atoms with van der Waals surface area (Å²) in [6.45, 7) is 2.36. The molecule has 1 heterocycles. The molecule has 2 N–H and O–H groups in total. The van der Waals surface area contributed by atoms with Gasteiger partial charge in [0.05, 0.1) is 19.0 Å². The Bertz CT molecular complexity index is 446. The van der Waals surface area contributed by atoms with Gasteiger partial charge < -0.3 is 10.4 Å². The molecule has 0 radical (unpaired) electrons. The maximum Gasteiger partial charge on any atom is 0.245 e. The number of sulfonamides is 1. The van der Waals surface area contributed by atoms with Crippen LogP contribution in [0.1, 0.15) is 6.92 Å². The lowest BCUT2D eigenvalue weighted by molar-refractivity contribution is 0.266. The van der Waals surface area contributed by atoms with Gasteiger partial charge in [-0.25, -0.2) is 18.4 Å². The fraction of sp³-hybridized carbons (Fsp3) is 0.556. The van der Waals surface area contributed by atoms with Gasteiger partial charge in [0.15, 0.2) is 0 Å². The summed E-state index contributed by atoms with van der Waals surface area (Å²) in [5.41, 5.74) is 0. The third-order valence-corrected chi connectivity index (χ3v) is 3.90. The summed E-state index contributed by atoms with van der Waals surface area (Å²) in [7, 11) is -2.22.